The summed E-state index contributed by atoms with van der Waals surface area (Å²) in [6.45, 7) is 2.19. The maximum atomic E-state index is 14.6. The Bertz CT molecular complexity index is 1240. The first-order valence-electron chi connectivity index (χ1n) is 10.6. The van der Waals surface area contributed by atoms with E-state index in [-0.39, 0.29) is 30.3 Å². The van der Waals surface area contributed by atoms with Crippen LogP contribution < -0.4 is 10.1 Å². The molecule has 33 heavy (non-hydrogen) atoms. The van der Waals surface area contributed by atoms with Crippen molar-refractivity contribution in [2.45, 2.75) is 38.0 Å². The molecule has 0 saturated heterocycles. The number of hydrogen-bond acceptors (Lipinski definition) is 5. The summed E-state index contributed by atoms with van der Waals surface area (Å²) >= 11 is 0. The summed E-state index contributed by atoms with van der Waals surface area (Å²) in [7, 11) is 0. The fraction of sp³-hybridized carbons (Fsp3) is 0.292. The maximum Gasteiger partial charge on any atom is 0.316 e. The Labute approximate surface area is 187 Å². The number of pyridine rings is 1. The molecule has 1 aliphatic heterocycles. The number of nitrogens with zero attached hydrogens (tertiary/aromatic N) is 3. The minimum atomic E-state index is -2.85. The van der Waals surface area contributed by atoms with E-state index < -0.39 is 24.0 Å². The number of nitrogens with one attached hydrogen (secondary N) is 1. The molecule has 1 aliphatic carbocycles. The number of anilines is 1. The van der Waals surface area contributed by atoms with E-state index in [2.05, 4.69) is 20.3 Å². The maximum absolute atomic E-state index is 14.6. The Morgan fingerprint density at radius 3 is 2.64 bits per heavy atom. The van der Waals surface area contributed by atoms with E-state index in [1.807, 2.05) is 0 Å². The molecule has 1 atom stereocenters. The third-order valence-electron chi connectivity index (χ3n) is 5.96. The van der Waals surface area contributed by atoms with Crippen molar-refractivity contribution < 1.29 is 22.3 Å². The van der Waals surface area contributed by atoms with Gasteiger partial charge in [0, 0.05) is 59.7 Å². The molecule has 5 rings (SSSR count). The van der Waals surface area contributed by atoms with Gasteiger partial charge in [0.25, 0.3) is 5.92 Å². The predicted octanol–water partition coefficient (Wildman–Crippen LogP) is 5.96. The molecular formula is C24H20F4N4O. The van der Waals surface area contributed by atoms with Crippen LogP contribution in [-0.2, 0) is 0 Å². The lowest BCUT2D eigenvalue weighted by molar-refractivity contribution is -0.0217. The minimum absolute atomic E-state index is 0.0630. The lowest BCUT2D eigenvalue weighted by Gasteiger charge is -2.38. The summed E-state index contributed by atoms with van der Waals surface area (Å²) in [5.41, 5.74) is 2.89. The molecule has 170 valence electrons. The highest BCUT2D eigenvalue weighted by atomic mass is 19.3. The van der Waals surface area contributed by atoms with Gasteiger partial charge in [0.1, 0.15) is 11.6 Å². The first-order chi connectivity index (χ1) is 15.9. The molecule has 3 heterocycles. The van der Waals surface area contributed by atoms with Crippen molar-refractivity contribution in [3.63, 3.8) is 0 Å². The predicted molar refractivity (Wildman–Crippen MR) is 115 cm³/mol. The van der Waals surface area contributed by atoms with Crippen LogP contribution in [0.15, 0.2) is 48.4 Å². The molecule has 1 N–H and O–H groups in total. The van der Waals surface area contributed by atoms with Crippen LogP contribution in [0.5, 0.6) is 6.01 Å². The Balaban J connectivity index is 1.67. The molecule has 0 amide bonds. The Kier molecular flexibility index (Phi) is 5.26. The molecule has 0 spiro atoms. The number of rotatable bonds is 4. The van der Waals surface area contributed by atoms with E-state index in [0.29, 0.717) is 40.4 Å². The van der Waals surface area contributed by atoms with Gasteiger partial charge in [-0.3, -0.25) is 4.98 Å². The second kappa shape index (κ2) is 8.13. The highest BCUT2D eigenvalue weighted by Crippen LogP contribution is 2.52. The third-order valence-corrected chi connectivity index (χ3v) is 5.96. The van der Waals surface area contributed by atoms with Gasteiger partial charge in [-0.2, -0.15) is 0 Å². The second-order valence-electron chi connectivity index (χ2n) is 8.08. The van der Waals surface area contributed by atoms with Crippen LogP contribution in [0.1, 0.15) is 43.4 Å². The Morgan fingerprint density at radius 2 is 1.88 bits per heavy atom. The number of allylic oxidation sites excluding steroid dienone is 1. The summed E-state index contributed by atoms with van der Waals surface area (Å²) in [4.78, 5) is 12.8. The van der Waals surface area contributed by atoms with Gasteiger partial charge < -0.3 is 10.1 Å². The molecule has 0 bridgehead atoms. The number of aromatic nitrogens is 3. The molecule has 1 saturated carbocycles. The zero-order valence-electron chi connectivity index (χ0n) is 17.7. The SMILES string of the molecule is CCOc1ncc(C2=C3CC(F)(F)CCC3c3nccc(-c4cc(F)ccc4F)c3N2)cn1. The monoisotopic (exact) mass is 456 g/mol. The van der Waals surface area contributed by atoms with Crippen molar-refractivity contribution in [1.29, 1.82) is 0 Å². The van der Waals surface area contributed by atoms with Gasteiger partial charge >= 0.3 is 6.01 Å². The molecule has 1 fully saturated rings. The van der Waals surface area contributed by atoms with Crippen molar-refractivity contribution in [3.05, 3.63) is 71.3 Å². The highest BCUT2D eigenvalue weighted by Gasteiger charge is 2.43. The fourth-order valence-corrected chi connectivity index (χ4v) is 4.50. The van der Waals surface area contributed by atoms with E-state index in [4.69, 9.17) is 4.74 Å². The second-order valence-corrected chi connectivity index (χ2v) is 8.08. The number of ether oxygens (including phenoxy) is 1. The lowest BCUT2D eigenvalue weighted by atomic mass is 9.75. The average Bonchev–Trinajstić information content (AvgIpc) is 2.80. The zero-order chi connectivity index (χ0) is 23.2. The van der Waals surface area contributed by atoms with Gasteiger partial charge in [0.2, 0.25) is 0 Å². The third kappa shape index (κ3) is 3.92. The van der Waals surface area contributed by atoms with Crippen LogP contribution in [0, 0.1) is 11.6 Å². The number of alkyl halides is 2. The van der Waals surface area contributed by atoms with Gasteiger partial charge in [-0.1, -0.05) is 0 Å². The molecule has 9 heteroatoms. The van der Waals surface area contributed by atoms with Crippen LogP contribution in [-0.4, -0.2) is 27.5 Å². The summed E-state index contributed by atoms with van der Waals surface area (Å²) in [5, 5.41) is 3.19. The fourth-order valence-electron chi connectivity index (χ4n) is 4.50. The van der Waals surface area contributed by atoms with Crippen molar-refractivity contribution in [2.24, 2.45) is 0 Å². The van der Waals surface area contributed by atoms with E-state index in [0.717, 1.165) is 18.2 Å². The number of halogens is 4. The molecule has 3 aromatic rings. The minimum Gasteiger partial charge on any atom is -0.464 e. The largest absolute Gasteiger partial charge is 0.464 e. The van der Waals surface area contributed by atoms with E-state index >= 15 is 0 Å². The number of hydrogen-bond donors (Lipinski definition) is 1. The van der Waals surface area contributed by atoms with Crippen molar-refractivity contribution in [2.75, 3.05) is 11.9 Å². The molecule has 0 radical (unpaired) electrons. The van der Waals surface area contributed by atoms with Crippen molar-refractivity contribution in [1.82, 2.24) is 15.0 Å². The van der Waals surface area contributed by atoms with Crippen LogP contribution in [0.4, 0.5) is 23.2 Å². The first kappa shape index (κ1) is 21.4. The Hall–Kier alpha value is -3.49. The van der Waals surface area contributed by atoms with Crippen molar-refractivity contribution in [3.8, 4) is 17.1 Å². The van der Waals surface area contributed by atoms with Gasteiger partial charge in [-0.05, 0) is 43.2 Å². The number of benzene rings is 1. The van der Waals surface area contributed by atoms with Crippen LogP contribution >= 0.6 is 0 Å². The normalized spacial score (nSPS) is 18.9. The van der Waals surface area contributed by atoms with Gasteiger partial charge in [-0.25, -0.2) is 27.5 Å². The molecule has 5 nitrogen and oxygen atoms in total. The first-order valence-corrected chi connectivity index (χ1v) is 10.6. The van der Waals surface area contributed by atoms with Gasteiger partial charge in [0.15, 0.2) is 0 Å². The van der Waals surface area contributed by atoms with Crippen LogP contribution in [0.25, 0.3) is 16.8 Å². The van der Waals surface area contributed by atoms with Crippen LogP contribution in [0.2, 0.25) is 0 Å². The molecule has 1 aromatic carbocycles. The summed E-state index contributed by atoms with van der Waals surface area (Å²) in [5.74, 6) is -4.42. The molecular weight excluding hydrogens is 436 g/mol. The highest BCUT2D eigenvalue weighted by molar-refractivity contribution is 5.91. The molecule has 2 aliphatic rings. The topological polar surface area (TPSA) is 59.9 Å². The number of fused-ring (bicyclic) bond motifs is 3. The van der Waals surface area contributed by atoms with E-state index in [1.165, 1.54) is 18.6 Å². The summed E-state index contributed by atoms with van der Waals surface area (Å²) < 4.78 is 62.7. The average molecular weight is 456 g/mol. The van der Waals surface area contributed by atoms with Crippen molar-refractivity contribution >= 4 is 11.4 Å². The van der Waals surface area contributed by atoms with E-state index in [9.17, 15) is 17.6 Å². The standard InChI is InChI=1S/C24H20F4N4O/c1-2-33-23-30-11-13(12-31-23)20-18-10-24(27,28)7-5-15(18)21-22(32-20)16(6-8-29-21)17-9-14(25)3-4-19(17)26/h3-4,6,8-9,11-12,15,32H,2,5,7,10H2,1H3. The lowest BCUT2D eigenvalue weighted by Crippen LogP contribution is -2.31. The quantitative estimate of drug-likeness (QED) is 0.492. The zero-order valence-corrected chi connectivity index (χ0v) is 17.7. The smallest absolute Gasteiger partial charge is 0.316 e. The van der Waals surface area contributed by atoms with Crippen LogP contribution in [0.3, 0.4) is 0 Å². The summed E-state index contributed by atoms with van der Waals surface area (Å²) in [6, 6.07) is 4.98. The van der Waals surface area contributed by atoms with Gasteiger partial charge in [0.05, 0.1) is 18.0 Å². The Morgan fingerprint density at radius 1 is 1.09 bits per heavy atom. The van der Waals surface area contributed by atoms with Gasteiger partial charge in [-0.15, -0.1) is 0 Å². The summed E-state index contributed by atoms with van der Waals surface area (Å²) in [6.07, 6.45) is 3.96. The molecule has 1 unspecified atom stereocenters. The van der Waals surface area contributed by atoms with E-state index in [1.54, 1.807) is 13.0 Å². The molecule has 2 aromatic heterocycles.